The van der Waals surface area contributed by atoms with E-state index in [9.17, 15) is 4.79 Å². The minimum atomic E-state index is 0.218. The Hall–Kier alpha value is -0.610. The van der Waals surface area contributed by atoms with Crippen LogP contribution in [-0.2, 0) is 9.53 Å². The number of hydrogen-bond acceptors (Lipinski definition) is 3. The summed E-state index contributed by atoms with van der Waals surface area (Å²) in [5.74, 6) is 0.623. The second-order valence-corrected chi connectivity index (χ2v) is 6.18. The third kappa shape index (κ3) is 2.95. The first-order valence-corrected chi connectivity index (χ1v) is 7.98. The van der Waals surface area contributed by atoms with Gasteiger partial charge in [0.25, 0.3) is 0 Å². The highest BCUT2D eigenvalue weighted by molar-refractivity contribution is 5.79. The molecular formula is C15H26N2O2. The van der Waals surface area contributed by atoms with Crippen molar-refractivity contribution < 1.29 is 9.53 Å². The Balaban J connectivity index is 1.66. The lowest BCUT2D eigenvalue weighted by Crippen LogP contribution is -2.54. The van der Waals surface area contributed by atoms with E-state index in [-0.39, 0.29) is 5.92 Å². The van der Waals surface area contributed by atoms with Gasteiger partial charge in [-0.15, -0.1) is 0 Å². The van der Waals surface area contributed by atoms with E-state index in [0.29, 0.717) is 18.0 Å². The molecule has 2 unspecified atom stereocenters. The number of amides is 1. The van der Waals surface area contributed by atoms with Crippen LogP contribution in [0, 0.1) is 5.92 Å². The summed E-state index contributed by atoms with van der Waals surface area (Å²) in [6, 6.07) is 0.996. The van der Waals surface area contributed by atoms with Gasteiger partial charge >= 0.3 is 0 Å². The van der Waals surface area contributed by atoms with Gasteiger partial charge in [0.15, 0.2) is 0 Å². The quantitative estimate of drug-likeness (QED) is 0.824. The maximum Gasteiger partial charge on any atom is 0.226 e. The Bertz CT molecular complexity index is 309. The first kappa shape index (κ1) is 13.4. The summed E-state index contributed by atoms with van der Waals surface area (Å²) in [6.07, 6.45) is 7.98. The number of carbonyl (C=O) groups is 1. The first-order valence-electron chi connectivity index (χ1n) is 7.98. The van der Waals surface area contributed by atoms with Gasteiger partial charge in [-0.1, -0.05) is 0 Å². The lowest BCUT2D eigenvalue weighted by molar-refractivity contribution is -0.143. The minimum Gasteiger partial charge on any atom is -0.381 e. The van der Waals surface area contributed by atoms with Crippen LogP contribution < -0.4 is 5.32 Å². The molecule has 0 aliphatic carbocycles. The van der Waals surface area contributed by atoms with E-state index in [1.807, 2.05) is 0 Å². The molecule has 3 aliphatic rings. The van der Waals surface area contributed by atoms with E-state index in [0.717, 1.165) is 39.1 Å². The molecule has 0 aromatic carbocycles. The van der Waals surface area contributed by atoms with Crippen LogP contribution in [0.5, 0.6) is 0 Å². The summed E-state index contributed by atoms with van der Waals surface area (Å²) in [5.41, 5.74) is 0. The summed E-state index contributed by atoms with van der Waals surface area (Å²) in [5, 5.41) is 3.60. The van der Waals surface area contributed by atoms with Gasteiger partial charge in [0.1, 0.15) is 0 Å². The highest BCUT2D eigenvalue weighted by Gasteiger charge is 2.36. The molecule has 3 rings (SSSR count). The molecule has 4 nitrogen and oxygen atoms in total. The van der Waals surface area contributed by atoms with Crippen LogP contribution in [0.4, 0.5) is 0 Å². The lowest BCUT2D eigenvalue weighted by Gasteiger charge is -2.41. The number of ether oxygens (including phenoxy) is 1. The van der Waals surface area contributed by atoms with Crippen molar-refractivity contribution in [2.75, 3.05) is 26.3 Å². The van der Waals surface area contributed by atoms with Gasteiger partial charge in [-0.05, 0) is 51.5 Å². The van der Waals surface area contributed by atoms with Crippen molar-refractivity contribution in [2.24, 2.45) is 5.92 Å². The third-order valence-corrected chi connectivity index (χ3v) is 4.97. The SMILES string of the molecule is O=C(C1CCOCC1)N1CCCCC1C1CCCN1. The number of nitrogens with zero attached hydrogens (tertiary/aromatic N) is 1. The third-order valence-electron chi connectivity index (χ3n) is 4.97. The van der Waals surface area contributed by atoms with Gasteiger partial charge < -0.3 is 15.0 Å². The fourth-order valence-corrected chi connectivity index (χ4v) is 3.87. The molecule has 0 bridgehead atoms. The van der Waals surface area contributed by atoms with Crippen molar-refractivity contribution in [3.8, 4) is 0 Å². The normalized spacial score (nSPS) is 33.6. The average Bonchev–Trinajstić information content (AvgIpc) is 3.01. The molecule has 3 saturated heterocycles. The minimum absolute atomic E-state index is 0.218. The van der Waals surface area contributed by atoms with Gasteiger partial charge in [0.2, 0.25) is 5.91 Å². The molecule has 19 heavy (non-hydrogen) atoms. The number of carbonyl (C=O) groups excluding carboxylic acids is 1. The van der Waals surface area contributed by atoms with Crippen LogP contribution >= 0.6 is 0 Å². The van der Waals surface area contributed by atoms with E-state index in [2.05, 4.69) is 10.2 Å². The zero-order valence-corrected chi connectivity index (χ0v) is 11.8. The van der Waals surface area contributed by atoms with Crippen LogP contribution in [0.3, 0.4) is 0 Å². The Labute approximate surface area is 115 Å². The Morgan fingerprint density at radius 1 is 1.05 bits per heavy atom. The van der Waals surface area contributed by atoms with Gasteiger partial charge in [0, 0.05) is 37.8 Å². The molecule has 0 spiro atoms. The Morgan fingerprint density at radius 3 is 2.63 bits per heavy atom. The van der Waals surface area contributed by atoms with E-state index >= 15 is 0 Å². The van der Waals surface area contributed by atoms with Crippen molar-refractivity contribution in [3.63, 3.8) is 0 Å². The smallest absolute Gasteiger partial charge is 0.226 e. The molecule has 1 N–H and O–H groups in total. The van der Waals surface area contributed by atoms with Crippen molar-refractivity contribution in [1.82, 2.24) is 10.2 Å². The predicted molar refractivity (Wildman–Crippen MR) is 73.9 cm³/mol. The molecule has 3 aliphatic heterocycles. The first-order chi connectivity index (χ1) is 9.36. The monoisotopic (exact) mass is 266 g/mol. The molecule has 0 aromatic heterocycles. The zero-order valence-electron chi connectivity index (χ0n) is 11.8. The summed E-state index contributed by atoms with van der Waals surface area (Å²) < 4.78 is 5.38. The zero-order chi connectivity index (χ0) is 13.1. The molecule has 4 heteroatoms. The molecule has 1 amide bonds. The predicted octanol–water partition coefficient (Wildman–Crippen LogP) is 1.55. The standard InChI is InChI=1S/C15H26N2O2/c18-15(12-6-10-19-11-7-12)17-9-2-1-5-14(17)13-4-3-8-16-13/h12-14,16H,1-11H2. The molecule has 108 valence electrons. The highest BCUT2D eigenvalue weighted by atomic mass is 16.5. The van der Waals surface area contributed by atoms with Crippen LogP contribution in [0.25, 0.3) is 0 Å². The highest BCUT2D eigenvalue weighted by Crippen LogP contribution is 2.28. The molecule has 3 fully saturated rings. The van der Waals surface area contributed by atoms with Crippen LogP contribution in [-0.4, -0.2) is 49.2 Å². The summed E-state index contributed by atoms with van der Waals surface area (Å²) >= 11 is 0. The molecular weight excluding hydrogens is 240 g/mol. The van der Waals surface area contributed by atoms with Gasteiger partial charge in [-0.3, -0.25) is 4.79 Å². The number of likely N-dealkylation sites (tertiary alicyclic amines) is 1. The fraction of sp³-hybridized carbons (Fsp3) is 0.933. The van der Waals surface area contributed by atoms with Crippen LogP contribution in [0.1, 0.15) is 44.9 Å². The molecule has 3 heterocycles. The summed E-state index contributed by atoms with van der Waals surface area (Å²) in [4.78, 5) is 15.0. The van der Waals surface area contributed by atoms with Gasteiger partial charge in [-0.2, -0.15) is 0 Å². The van der Waals surface area contributed by atoms with E-state index in [1.54, 1.807) is 0 Å². The van der Waals surface area contributed by atoms with Crippen LogP contribution in [0.15, 0.2) is 0 Å². The molecule has 0 radical (unpaired) electrons. The Morgan fingerprint density at radius 2 is 1.89 bits per heavy atom. The fourth-order valence-electron chi connectivity index (χ4n) is 3.87. The number of nitrogens with one attached hydrogen (secondary N) is 1. The Kier molecular flexibility index (Phi) is 4.38. The van der Waals surface area contributed by atoms with Crippen molar-refractivity contribution in [3.05, 3.63) is 0 Å². The second kappa shape index (κ2) is 6.23. The van der Waals surface area contributed by atoms with Crippen molar-refractivity contribution in [1.29, 1.82) is 0 Å². The second-order valence-electron chi connectivity index (χ2n) is 6.18. The van der Waals surface area contributed by atoms with E-state index in [1.165, 1.54) is 32.1 Å². The molecule has 0 saturated carbocycles. The number of piperidine rings is 1. The molecule has 0 aromatic rings. The van der Waals surface area contributed by atoms with Crippen LogP contribution in [0.2, 0.25) is 0 Å². The largest absolute Gasteiger partial charge is 0.381 e. The van der Waals surface area contributed by atoms with Crippen molar-refractivity contribution in [2.45, 2.75) is 57.0 Å². The lowest BCUT2D eigenvalue weighted by atomic mass is 9.91. The summed E-state index contributed by atoms with van der Waals surface area (Å²) in [7, 11) is 0. The number of rotatable bonds is 2. The molecule has 2 atom stereocenters. The van der Waals surface area contributed by atoms with Gasteiger partial charge in [-0.25, -0.2) is 0 Å². The van der Waals surface area contributed by atoms with Crippen molar-refractivity contribution >= 4 is 5.91 Å². The summed E-state index contributed by atoms with van der Waals surface area (Å²) in [6.45, 7) is 3.62. The maximum atomic E-state index is 12.8. The number of hydrogen-bond donors (Lipinski definition) is 1. The van der Waals surface area contributed by atoms with Gasteiger partial charge in [0.05, 0.1) is 0 Å². The maximum absolute atomic E-state index is 12.8. The van der Waals surface area contributed by atoms with E-state index < -0.39 is 0 Å². The topological polar surface area (TPSA) is 41.6 Å². The average molecular weight is 266 g/mol. The van der Waals surface area contributed by atoms with E-state index in [4.69, 9.17) is 4.74 Å².